The van der Waals surface area contributed by atoms with Crippen LogP contribution in [0.25, 0.3) is 16.6 Å². The van der Waals surface area contributed by atoms with Gasteiger partial charge in [0.25, 0.3) is 0 Å². The van der Waals surface area contributed by atoms with E-state index in [9.17, 15) is 9.90 Å². The second-order valence-corrected chi connectivity index (χ2v) is 10.8. The molecule has 0 bridgehead atoms. The Bertz CT molecular complexity index is 1220. The Hall–Kier alpha value is -2.90. The van der Waals surface area contributed by atoms with E-state index in [1.165, 1.54) is 6.42 Å². The first kappa shape index (κ1) is 22.6. The predicted octanol–water partition coefficient (Wildman–Crippen LogP) is 3.36. The molecule has 4 heterocycles. The molecule has 1 aliphatic carbocycles. The van der Waals surface area contributed by atoms with Gasteiger partial charge in [0.05, 0.1) is 11.2 Å². The molecule has 7 heteroatoms. The maximum atomic E-state index is 12.6. The number of hydrogen-bond acceptors (Lipinski definition) is 5. The molecule has 0 spiro atoms. The van der Waals surface area contributed by atoms with Crippen LogP contribution in [0.5, 0.6) is 0 Å². The molecule has 3 aliphatic rings. The van der Waals surface area contributed by atoms with Crippen LogP contribution in [-0.4, -0.2) is 75.7 Å². The predicted molar refractivity (Wildman–Crippen MR) is 137 cm³/mol. The number of carbonyl (C=O) groups excluding carboxylic acids is 1. The molecule has 2 aromatic heterocycles. The number of amides is 1. The zero-order valence-electron chi connectivity index (χ0n) is 20.7. The molecular weight excluding hydrogens is 438 g/mol. The summed E-state index contributed by atoms with van der Waals surface area (Å²) >= 11 is 0. The van der Waals surface area contributed by atoms with Crippen molar-refractivity contribution in [1.82, 2.24) is 19.4 Å². The molecule has 3 aromatic rings. The Morgan fingerprint density at radius 1 is 1.03 bits per heavy atom. The molecule has 0 radical (unpaired) electrons. The third-order valence-electron chi connectivity index (χ3n) is 8.29. The number of hydrogen-bond donors (Lipinski definition) is 1. The van der Waals surface area contributed by atoms with Gasteiger partial charge in [-0.25, -0.2) is 4.52 Å². The van der Waals surface area contributed by atoms with Crippen LogP contribution in [0.3, 0.4) is 0 Å². The lowest BCUT2D eigenvalue weighted by Gasteiger charge is -2.49. The molecule has 2 saturated heterocycles. The largest absolute Gasteiger partial charge is 0.382 e. The maximum absolute atomic E-state index is 12.6. The number of nitrogens with zero attached hydrogens (tertiary/aromatic N) is 5. The number of aromatic nitrogens is 2. The van der Waals surface area contributed by atoms with E-state index in [1.54, 1.807) is 0 Å². The highest BCUT2D eigenvalue weighted by atomic mass is 16.3. The molecule has 1 amide bonds. The number of β-amino-alcohol motifs (C(OH)–C–C–N with tert-alkyl or cyclic N) is 1. The zero-order chi connectivity index (χ0) is 24.2. The zero-order valence-corrected chi connectivity index (χ0v) is 20.7. The summed E-state index contributed by atoms with van der Waals surface area (Å²) in [6, 6.07) is 13.1. The third kappa shape index (κ3) is 4.00. The van der Waals surface area contributed by atoms with Gasteiger partial charge >= 0.3 is 0 Å². The molecule has 35 heavy (non-hydrogen) atoms. The summed E-state index contributed by atoms with van der Waals surface area (Å²) in [7, 11) is 0. The van der Waals surface area contributed by atoms with Gasteiger partial charge in [0.2, 0.25) is 5.91 Å². The van der Waals surface area contributed by atoms with Crippen molar-refractivity contribution in [1.29, 1.82) is 0 Å². The first-order chi connectivity index (χ1) is 16.9. The molecular formula is C28H35N5O2. The van der Waals surface area contributed by atoms with Crippen LogP contribution in [0.15, 0.2) is 48.8 Å². The molecule has 2 aliphatic heterocycles. The van der Waals surface area contributed by atoms with Crippen LogP contribution < -0.4 is 4.90 Å². The number of fused-ring (bicyclic) bond motifs is 1. The van der Waals surface area contributed by atoms with Gasteiger partial charge in [-0.15, -0.1) is 0 Å². The van der Waals surface area contributed by atoms with Gasteiger partial charge < -0.3 is 14.9 Å². The number of likely N-dealkylation sites (tertiary alicyclic amines) is 1. The van der Waals surface area contributed by atoms with Gasteiger partial charge in [-0.3, -0.25) is 9.69 Å². The molecule has 7 nitrogen and oxygen atoms in total. The molecule has 0 atom stereocenters. The quantitative estimate of drug-likeness (QED) is 0.616. The first-order valence-corrected chi connectivity index (χ1v) is 13.0. The van der Waals surface area contributed by atoms with Crippen molar-refractivity contribution >= 4 is 17.1 Å². The number of benzene rings is 1. The van der Waals surface area contributed by atoms with Crippen molar-refractivity contribution in [2.45, 2.75) is 44.8 Å². The lowest BCUT2D eigenvalue weighted by Crippen LogP contribution is -2.61. The summed E-state index contributed by atoms with van der Waals surface area (Å²) in [4.78, 5) is 19.3. The van der Waals surface area contributed by atoms with Gasteiger partial charge in [0.15, 0.2) is 0 Å². The molecule has 1 saturated carbocycles. The Labute approximate surface area is 206 Å². The number of aliphatic hydroxyl groups is 1. The van der Waals surface area contributed by atoms with E-state index >= 15 is 0 Å². The summed E-state index contributed by atoms with van der Waals surface area (Å²) in [6.07, 6.45) is 7.25. The highest BCUT2D eigenvalue weighted by molar-refractivity contribution is 5.82. The summed E-state index contributed by atoms with van der Waals surface area (Å²) in [6.45, 7) is 8.97. The second kappa shape index (κ2) is 8.64. The van der Waals surface area contributed by atoms with Crippen molar-refractivity contribution in [2.75, 3.05) is 44.2 Å². The smallest absolute Gasteiger partial charge is 0.225 e. The first-order valence-electron chi connectivity index (χ1n) is 13.0. The molecule has 1 aromatic carbocycles. The van der Waals surface area contributed by atoms with E-state index in [1.807, 2.05) is 10.7 Å². The van der Waals surface area contributed by atoms with Crippen LogP contribution >= 0.6 is 0 Å². The number of rotatable bonds is 5. The Morgan fingerprint density at radius 3 is 2.37 bits per heavy atom. The molecule has 6 rings (SSSR count). The van der Waals surface area contributed by atoms with Crippen molar-refractivity contribution in [3.05, 3.63) is 54.4 Å². The lowest BCUT2D eigenvalue weighted by molar-refractivity contribution is -0.138. The minimum absolute atomic E-state index is 0.271. The average Bonchev–Trinajstić information content (AvgIpc) is 3.25. The summed E-state index contributed by atoms with van der Waals surface area (Å²) in [5.74, 6) is 0.626. The van der Waals surface area contributed by atoms with E-state index in [-0.39, 0.29) is 5.92 Å². The highest BCUT2D eigenvalue weighted by Crippen LogP contribution is 2.35. The minimum atomic E-state index is -0.745. The summed E-state index contributed by atoms with van der Waals surface area (Å²) < 4.78 is 1.95. The van der Waals surface area contributed by atoms with E-state index in [0.29, 0.717) is 25.0 Å². The number of piperazine rings is 1. The van der Waals surface area contributed by atoms with Crippen LogP contribution in [0.4, 0.5) is 5.69 Å². The van der Waals surface area contributed by atoms with E-state index in [4.69, 9.17) is 0 Å². The van der Waals surface area contributed by atoms with Crippen molar-refractivity contribution in [2.24, 2.45) is 5.92 Å². The fourth-order valence-electron chi connectivity index (χ4n) is 5.65. The van der Waals surface area contributed by atoms with Crippen molar-refractivity contribution in [3.63, 3.8) is 0 Å². The lowest BCUT2D eigenvalue weighted by atomic mass is 9.84. The Morgan fingerprint density at radius 2 is 1.74 bits per heavy atom. The van der Waals surface area contributed by atoms with Crippen LogP contribution in [0.1, 0.15) is 38.7 Å². The van der Waals surface area contributed by atoms with Gasteiger partial charge in [-0.2, -0.15) is 5.10 Å². The van der Waals surface area contributed by atoms with Crippen molar-refractivity contribution in [3.8, 4) is 11.1 Å². The van der Waals surface area contributed by atoms with E-state index < -0.39 is 5.60 Å². The monoisotopic (exact) mass is 473 g/mol. The van der Waals surface area contributed by atoms with Gasteiger partial charge in [-0.1, -0.05) is 30.7 Å². The van der Waals surface area contributed by atoms with Crippen LogP contribution in [0.2, 0.25) is 0 Å². The number of carbonyl (C=O) groups is 1. The SMILES string of the molecule is CC(C)N1CC(O)(c2ccc(-c3cc4c(N5CCN(C(=O)C6CCC6)CC5)ccnn4c3)cc2)C1. The summed E-state index contributed by atoms with van der Waals surface area (Å²) in [5, 5.41) is 15.5. The number of anilines is 1. The van der Waals surface area contributed by atoms with Crippen LogP contribution in [-0.2, 0) is 10.4 Å². The second-order valence-electron chi connectivity index (χ2n) is 10.8. The van der Waals surface area contributed by atoms with Gasteiger partial charge in [0.1, 0.15) is 5.60 Å². The molecule has 1 N–H and O–H groups in total. The van der Waals surface area contributed by atoms with Gasteiger partial charge in [-0.05, 0) is 49.9 Å². The topological polar surface area (TPSA) is 64.3 Å². The molecule has 3 fully saturated rings. The van der Waals surface area contributed by atoms with Gasteiger partial charge in [0, 0.05) is 69.2 Å². The summed E-state index contributed by atoms with van der Waals surface area (Å²) in [5.41, 5.74) is 4.71. The van der Waals surface area contributed by atoms with Crippen LogP contribution in [0, 0.1) is 5.92 Å². The Kier molecular flexibility index (Phi) is 5.57. The fourth-order valence-corrected chi connectivity index (χ4v) is 5.65. The molecule has 184 valence electrons. The third-order valence-corrected chi connectivity index (χ3v) is 8.29. The minimum Gasteiger partial charge on any atom is -0.382 e. The van der Waals surface area contributed by atoms with E-state index in [0.717, 1.165) is 66.9 Å². The van der Waals surface area contributed by atoms with E-state index in [2.05, 4.69) is 76.2 Å². The standard InChI is InChI=1S/C28H35N5O2/c1-20(2)32-18-28(35,19-32)24-8-6-21(7-9-24)23-16-26-25(10-11-29-33(26)17-23)30-12-14-31(15-13-30)27(34)22-4-3-5-22/h6-11,16-17,20,22,35H,3-5,12-15,18-19H2,1-2H3. The molecule has 0 unspecified atom stereocenters. The average molecular weight is 474 g/mol. The normalized spacial score (nSPS) is 20.8. The Balaban J connectivity index is 1.18. The highest BCUT2D eigenvalue weighted by Gasteiger charge is 2.43. The van der Waals surface area contributed by atoms with Crippen molar-refractivity contribution < 1.29 is 9.90 Å². The maximum Gasteiger partial charge on any atom is 0.225 e. The fraction of sp³-hybridized carbons (Fsp3) is 0.500.